The molecule has 3 aromatic rings. The number of amides is 1. The number of carbonyl (C=O) groups excluding carboxylic acids is 1. The van der Waals surface area contributed by atoms with Crippen LogP contribution < -0.4 is 20.1 Å². The number of nitrogens with one attached hydrogen (secondary N) is 2. The Bertz CT molecular complexity index is 1180. The van der Waals surface area contributed by atoms with Crippen molar-refractivity contribution in [2.24, 2.45) is 0 Å². The van der Waals surface area contributed by atoms with Gasteiger partial charge in [0.25, 0.3) is 5.91 Å². The molecule has 4 rings (SSSR count). The summed E-state index contributed by atoms with van der Waals surface area (Å²) in [5.41, 5.74) is 1.88. The number of aryl methyl sites for hydroxylation is 1. The maximum Gasteiger partial charge on any atom is 0.410 e. The molecule has 33 heavy (non-hydrogen) atoms. The van der Waals surface area contributed by atoms with E-state index >= 15 is 0 Å². The Kier molecular flexibility index (Phi) is 5.92. The molecule has 2 atom stereocenters. The number of hydrogen-bond donors (Lipinski definition) is 2. The summed E-state index contributed by atoms with van der Waals surface area (Å²) in [5, 5.41) is 9.78. The van der Waals surface area contributed by atoms with Crippen molar-refractivity contribution in [1.82, 2.24) is 9.78 Å². The van der Waals surface area contributed by atoms with E-state index in [2.05, 4.69) is 15.7 Å². The standard InChI is InChI=1S/C23H23F3N4O3/c1-13-6-4-5-7-15(13)28-22(31)17-12-21-27-16(11-20(23(24,25)26)30(21)29-17)14-8-9-18(32-2)19(10-14)33-3/h4-10,12,16,20,27H,11H2,1-3H3,(H,28,31)/t16-,20-/m1/s1. The summed E-state index contributed by atoms with van der Waals surface area (Å²) in [4.78, 5) is 12.7. The number of halogens is 3. The summed E-state index contributed by atoms with van der Waals surface area (Å²) < 4.78 is 53.2. The third-order valence-electron chi connectivity index (χ3n) is 5.63. The summed E-state index contributed by atoms with van der Waals surface area (Å²) in [6, 6.07) is 10.9. The van der Waals surface area contributed by atoms with Crippen molar-refractivity contribution in [1.29, 1.82) is 0 Å². The van der Waals surface area contributed by atoms with Gasteiger partial charge in [0.1, 0.15) is 5.82 Å². The molecule has 1 aliphatic rings. The molecular weight excluding hydrogens is 437 g/mol. The fourth-order valence-electron chi connectivity index (χ4n) is 3.87. The van der Waals surface area contributed by atoms with Gasteiger partial charge < -0.3 is 20.1 Å². The topological polar surface area (TPSA) is 77.4 Å². The summed E-state index contributed by atoms with van der Waals surface area (Å²) in [6.45, 7) is 1.82. The van der Waals surface area contributed by atoms with Crippen LogP contribution in [0.25, 0.3) is 0 Å². The van der Waals surface area contributed by atoms with Crippen LogP contribution in [0.4, 0.5) is 24.7 Å². The Morgan fingerprint density at radius 3 is 2.52 bits per heavy atom. The van der Waals surface area contributed by atoms with E-state index in [1.807, 2.05) is 19.1 Å². The van der Waals surface area contributed by atoms with Gasteiger partial charge in [-0.05, 0) is 36.2 Å². The summed E-state index contributed by atoms with van der Waals surface area (Å²) >= 11 is 0. The number of ether oxygens (including phenoxy) is 2. The first-order valence-electron chi connectivity index (χ1n) is 10.2. The smallest absolute Gasteiger partial charge is 0.410 e. The third-order valence-corrected chi connectivity index (χ3v) is 5.63. The zero-order valence-corrected chi connectivity index (χ0v) is 18.2. The van der Waals surface area contributed by atoms with Crippen LogP contribution in [-0.4, -0.2) is 36.1 Å². The highest BCUT2D eigenvalue weighted by Crippen LogP contribution is 2.44. The Morgan fingerprint density at radius 1 is 1.12 bits per heavy atom. The second-order valence-electron chi connectivity index (χ2n) is 7.73. The van der Waals surface area contributed by atoms with Gasteiger partial charge in [-0.2, -0.15) is 18.3 Å². The minimum Gasteiger partial charge on any atom is -0.493 e. The van der Waals surface area contributed by atoms with Crippen molar-refractivity contribution < 1.29 is 27.4 Å². The van der Waals surface area contributed by atoms with Crippen LogP contribution in [-0.2, 0) is 0 Å². The van der Waals surface area contributed by atoms with E-state index in [-0.39, 0.29) is 17.9 Å². The van der Waals surface area contributed by atoms with E-state index in [4.69, 9.17) is 9.47 Å². The molecule has 2 heterocycles. The monoisotopic (exact) mass is 460 g/mol. The van der Waals surface area contributed by atoms with E-state index in [1.165, 1.54) is 20.3 Å². The van der Waals surface area contributed by atoms with E-state index < -0.39 is 24.2 Å². The Balaban J connectivity index is 1.66. The lowest BCUT2D eigenvalue weighted by Crippen LogP contribution is -2.35. The Hall–Kier alpha value is -3.69. The van der Waals surface area contributed by atoms with Gasteiger partial charge in [0, 0.05) is 18.2 Å². The molecule has 2 aromatic carbocycles. The molecule has 0 bridgehead atoms. The van der Waals surface area contributed by atoms with Gasteiger partial charge in [-0.15, -0.1) is 0 Å². The van der Waals surface area contributed by atoms with Crippen molar-refractivity contribution >= 4 is 17.4 Å². The van der Waals surface area contributed by atoms with Crippen molar-refractivity contribution in [3.8, 4) is 11.5 Å². The fraction of sp³-hybridized carbons (Fsp3) is 0.304. The Labute approximate surface area is 188 Å². The number of anilines is 2. The summed E-state index contributed by atoms with van der Waals surface area (Å²) in [6.07, 6.45) is -4.85. The predicted octanol–water partition coefficient (Wildman–Crippen LogP) is 5.12. The lowest BCUT2D eigenvalue weighted by Gasteiger charge is -2.33. The number of fused-ring (bicyclic) bond motifs is 1. The molecule has 0 unspecified atom stereocenters. The molecule has 0 aliphatic carbocycles. The van der Waals surface area contributed by atoms with Gasteiger partial charge in [-0.3, -0.25) is 4.79 Å². The molecule has 10 heteroatoms. The van der Waals surface area contributed by atoms with Gasteiger partial charge in [-0.1, -0.05) is 24.3 Å². The van der Waals surface area contributed by atoms with Crippen LogP contribution in [0.1, 0.15) is 40.1 Å². The molecule has 174 valence electrons. The first-order valence-corrected chi connectivity index (χ1v) is 10.2. The number of hydrogen-bond acceptors (Lipinski definition) is 5. The minimum atomic E-state index is -4.55. The van der Waals surface area contributed by atoms with Crippen LogP contribution >= 0.6 is 0 Å². The number of rotatable bonds is 5. The van der Waals surface area contributed by atoms with Crippen LogP contribution in [0.5, 0.6) is 11.5 Å². The normalized spacial score (nSPS) is 17.6. The highest BCUT2D eigenvalue weighted by Gasteiger charge is 2.47. The quantitative estimate of drug-likeness (QED) is 0.553. The molecule has 7 nitrogen and oxygen atoms in total. The van der Waals surface area contributed by atoms with Gasteiger partial charge >= 0.3 is 6.18 Å². The van der Waals surface area contributed by atoms with E-state index in [9.17, 15) is 18.0 Å². The van der Waals surface area contributed by atoms with E-state index in [0.29, 0.717) is 22.7 Å². The average molecular weight is 460 g/mol. The molecule has 1 amide bonds. The van der Waals surface area contributed by atoms with Crippen molar-refractivity contribution in [2.45, 2.75) is 31.6 Å². The highest BCUT2D eigenvalue weighted by molar-refractivity contribution is 6.03. The molecule has 0 radical (unpaired) electrons. The molecule has 1 aromatic heterocycles. The molecule has 1 aliphatic heterocycles. The predicted molar refractivity (Wildman–Crippen MR) is 117 cm³/mol. The fourth-order valence-corrected chi connectivity index (χ4v) is 3.87. The summed E-state index contributed by atoms with van der Waals surface area (Å²) in [7, 11) is 2.95. The molecular formula is C23H23F3N4O3. The first kappa shape index (κ1) is 22.5. The van der Waals surface area contributed by atoms with Gasteiger partial charge in [0.15, 0.2) is 23.2 Å². The molecule has 0 fully saturated rings. The van der Waals surface area contributed by atoms with Gasteiger partial charge in [-0.25, -0.2) is 4.68 Å². The lowest BCUT2D eigenvalue weighted by atomic mass is 9.96. The number of nitrogens with zero attached hydrogens (tertiary/aromatic N) is 2. The number of benzene rings is 2. The zero-order valence-electron chi connectivity index (χ0n) is 18.2. The number of para-hydroxylation sites is 1. The molecule has 2 N–H and O–H groups in total. The molecule has 0 spiro atoms. The maximum atomic E-state index is 13.9. The SMILES string of the molecule is COc1ccc([C@H]2C[C@H](C(F)(F)F)n3nc(C(=O)Nc4ccccc4C)cc3N2)cc1OC. The van der Waals surface area contributed by atoms with Crippen molar-refractivity contribution in [2.75, 3.05) is 24.9 Å². The van der Waals surface area contributed by atoms with E-state index in [1.54, 1.807) is 30.3 Å². The highest BCUT2D eigenvalue weighted by atomic mass is 19.4. The van der Waals surface area contributed by atoms with Gasteiger partial charge in [0.05, 0.1) is 20.3 Å². The first-order chi connectivity index (χ1) is 15.7. The lowest BCUT2D eigenvalue weighted by molar-refractivity contribution is -0.173. The average Bonchev–Trinajstić information content (AvgIpc) is 3.23. The number of alkyl halides is 3. The number of aromatic nitrogens is 2. The van der Waals surface area contributed by atoms with Crippen LogP contribution in [0.3, 0.4) is 0 Å². The third kappa shape index (κ3) is 4.46. The number of carbonyl (C=O) groups is 1. The Morgan fingerprint density at radius 2 is 1.85 bits per heavy atom. The summed E-state index contributed by atoms with van der Waals surface area (Å²) in [5.74, 6) is 0.414. The van der Waals surface area contributed by atoms with Crippen LogP contribution in [0.15, 0.2) is 48.5 Å². The second kappa shape index (κ2) is 8.68. The van der Waals surface area contributed by atoms with Crippen molar-refractivity contribution in [3.05, 3.63) is 65.4 Å². The van der Waals surface area contributed by atoms with Crippen LogP contribution in [0, 0.1) is 6.92 Å². The largest absolute Gasteiger partial charge is 0.493 e. The van der Waals surface area contributed by atoms with Crippen LogP contribution in [0.2, 0.25) is 0 Å². The van der Waals surface area contributed by atoms with Crippen molar-refractivity contribution in [3.63, 3.8) is 0 Å². The minimum absolute atomic E-state index is 0.108. The van der Waals surface area contributed by atoms with E-state index in [0.717, 1.165) is 10.2 Å². The second-order valence-corrected chi connectivity index (χ2v) is 7.73. The maximum absolute atomic E-state index is 13.9. The van der Waals surface area contributed by atoms with Gasteiger partial charge in [0.2, 0.25) is 0 Å². The zero-order chi connectivity index (χ0) is 23.8. The molecule has 0 saturated carbocycles. The molecule has 0 saturated heterocycles. The number of methoxy groups -OCH3 is 2.